The van der Waals surface area contributed by atoms with Crippen molar-refractivity contribution in [3.63, 3.8) is 0 Å². The highest BCUT2D eigenvalue weighted by molar-refractivity contribution is 6.30. The Kier molecular flexibility index (Phi) is 4.66. The van der Waals surface area contributed by atoms with E-state index >= 15 is 0 Å². The molecule has 0 radical (unpaired) electrons. The van der Waals surface area contributed by atoms with Crippen molar-refractivity contribution >= 4 is 23.2 Å². The lowest BCUT2D eigenvalue weighted by Gasteiger charge is -2.34. The molecule has 17 heavy (non-hydrogen) atoms. The van der Waals surface area contributed by atoms with Gasteiger partial charge in [0.2, 0.25) is 0 Å². The summed E-state index contributed by atoms with van der Waals surface area (Å²) < 4.78 is 13.3. The fraction of sp³-hybridized carbons (Fsp3) is 0.538. The van der Waals surface area contributed by atoms with Gasteiger partial charge in [-0.15, -0.1) is 11.6 Å². The van der Waals surface area contributed by atoms with E-state index in [0.717, 1.165) is 25.1 Å². The molecule has 0 amide bonds. The Morgan fingerprint density at radius 2 is 2.18 bits per heavy atom. The summed E-state index contributed by atoms with van der Waals surface area (Å²) in [6.07, 6.45) is 3.58. The molecule has 0 saturated carbocycles. The van der Waals surface area contributed by atoms with Crippen molar-refractivity contribution in [2.75, 3.05) is 12.4 Å². The molecule has 2 rings (SSSR count). The average Bonchev–Trinajstić information content (AvgIpc) is 2.34. The van der Waals surface area contributed by atoms with Crippen LogP contribution in [0.15, 0.2) is 18.2 Å². The third kappa shape index (κ3) is 3.34. The quantitative estimate of drug-likeness (QED) is 0.752. The van der Waals surface area contributed by atoms with Crippen molar-refractivity contribution in [2.45, 2.75) is 31.8 Å². The largest absolute Gasteiger partial charge is 0.295 e. The number of benzene rings is 1. The molecule has 1 atom stereocenters. The minimum absolute atomic E-state index is 0.182. The fourth-order valence-electron chi connectivity index (χ4n) is 2.32. The molecule has 0 aromatic heterocycles. The second-order valence-electron chi connectivity index (χ2n) is 4.52. The van der Waals surface area contributed by atoms with Crippen LogP contribution in [0.25, 0.3) is 0 Å². The minimum atomic E-state index is -0.344. The highest BCUT2D eigenvalue weighted by atomic mass is 35.5. The van der Waals surface area contributed by atoms with Gasteiger partial charge in [-0.25, -0.2) is 4.39 Å². The molecule has 0 bridgehead atoms. The number of hydrogen-bond donors (Lipinski definition) is 0. The maximum atomic E-state index is 13.3. The summed E-state index contributed by atoms with van der Waals surface area (Å²) in [7, 11) is 0. The van der Waals surface area contributed by atoms with Crippen LogP contribution in [0.2, 0.25) is 5.02 Å². The topological polar surface area (TPSA) is 3.24 Å². The normalized spacial score (nSPS) is 21.7. The molecule has 94 valence electrons. The van der Waals surface area contributed by atoms with Crippen molar-refractivity contribution in [3.05, 3.63) is 34.6 Å². The van der Waals surface area contributed by atoms with Crippen molar-refractivity contribution in [1.82, 2.24) is 4.90 Å². The third-order valence-electron chi connectivity index (χ3n) is 3.30. The van der Waals surface area contributed by atoms with E-state index < -0.39 is 0 Å². The average molecular weight is 276 g/mol. The molecule has 1 fully saturated rings. The molecule has 1 aliphatic rings. The van der Waals surface area contributed by atoms with E-state index in [1.54, 1.807) is 6.07 Å². The van der Waals surface area contributed by atoms with Crippen LogP contribution in [0.4, 0.5) is 4.39 Å². The molecule has 0 spiro atoms. The van der Waals surface area contributed by atoms with Crippen LogP contribution in [-0.4, -0.2) is 23.4 Å². The summed E-state index contributed by atoms with van der Waals surface area (Å²) in [4.78, 5) is 2.33. The van der Waals surface area contributed by atoms with Gasteiger partial charge in [0.1, 0.15) is 5.82 Å². The lowest BCUT2D eigenvalue weighted by molar-refractivity contribution is 0.155. The highest BCUT2D eigenvalue weighted by Crippen LogP contribution is 2.22. The molecule has 1 aromatic rings. The first-order valence-corrected chi connectivity index (χ1v) is 6.86. The number of hydrogen-bond acceptors (Lipinski definition) is 1. The van der Waals surface area contributed by atoms with E-state index in [4.69, 9.17) is 23.2 Å². The predicted octanol–water partition coefficient (Wildman–Crippen LogP) is 4.07. The van der Waals surface area contributed by atoms with Gasteiger partial charge in [0.05, 0.1) is 5.02 Å². The highest BCUT2D eigenvalue weighted by Gasteiger charge is 2.21. The van der Waals surface area contributed by atoms with Crippen LogP contribution >= 0.6 is 23.2 Å². The molecular weight excluding hydrogens is 260 g/mol. The number of rotatable bonds is 3. The molecule has 1 nitrogen and oxygen atoms in total. The van der Waals surface area contributed by atoms with Crippen LogP contribution < -0.4 is 0 Å². The Bertz CT molecular complexity index is 384. The summed E-state index contributed by atoms with van der Waals surface area (Å²) in [5.41, 5.74) is 0.962. The monoisotopic (exact) mass is 275 g/mol. The van der Waals surface area contributed by atoms with E-state index in [-0.39, 0.29) is 10.8 Å². The SMILES string of the molecule is Fc1cc(CN2CCCCC2CCl)ccc1Cl. The Balaban J connectivity index is 2.05. The molecule has 1 aliphatic heterocycles. The summed E-state index contributed by atoms with van der Waals surface area (Å²) in [6.45, 7) is 1.80. The molecule has 1 aromatic carbocycles. The van der Waals surface area contributed by atoms with E-state index in [1.165, 1.54) is 18.9 Å². The first kappa shape index (κ1) is 13.1. The second kappa shape index (κ2) is 6.03. The molecular formula is C13H16Cl2FN. The maximum Gasteiger partial charge on any atom is 0.142 e. The lowest BCUT2D eigenvalue weighted by Crippen LogP contribution is -2.40. The maximum absolute atomic E-state index is 13.3. The van der Waals surface area contributed by atoms with Gasteiger partial charge in [-0.1, -0.05) is 24.1 Å². The first-order valence-electron chi connectivity index (χ1n) is 5.94. The van der Waals surface area contributed by atoms with Gasteiger partial charge in [0, 0.05) is 18.5 Å². The minimum Gasteiger partial charge on any atom is -0.295 e. The molecule has 0 aliphatic carbocycles. The summed E-state index contributed by atoms with van der Waals surface area (Å²) in [6, 6.07) is 5.43. The Morgan fingerprint density at radius 1 is 1.35 bits per heavy atom. The van der Waals surface area contributed by atoms with Gasteiger partial charge >= 0.3 is 0 Å². The van der Waals surface area contributed by atoms with Gasteiger partial charge in [0.15, 0.2) is 0 Å². The fourth-order valence-corrected chi connectivity index (χ4v) is 2.78. The lowest BCUT2D eigenvalue weighted by atomic mass is 10.0. The van der Waals surface area contributed by atoms with Gasteiger partial charge in [-0.3, -0.25) is 4.90 Å². The van der Waals surface area contributed by atoms with Crippen LogP contribution in [0.5, 0.6) is 0 Å². The van der Waals surface area contributed by atoms with E-state index in [2.05, 4.69) is 4.90 Å². The van der Waals surface area contributed by atoms with Gasteiger partial charge in [-0.05, 0) is 37.1 Å². The number of halogens is 3. The number of nitrogens with zero attached hydrogens (tertiary/aromatic N) is 1. The Morgan fingerprint density at radius 3 is 2.88 bits per heavy atom. The van der Waals surface area contributed by atoms with Gasteiger partial charge in [-0.2, -0.15) is 0 Å². The van der Waals surface area contributed by atoms with Crippen molar-refractivity contribution in [3.8, 4) is 0 Å². The second-order valence-corrected chi connectivity index (χ2v) is 5.24. The number of piperidine rings is 1. The van der Waals surface area contributed by atoms with E-state index in [0.29, 0.717) is 11.9 Å². The molecule has 4 heteroatoms. The van der Waals surface area contributed by atoms with Gasteiger partial charge < -0.3 is 0 Å². The molecule has 1 unspecified atom stereocenters. The molecule has 0 N–H and O–H groups in total. The summed E-state index contributed by atoms with van der Waals surface area (Å²) >= 11 is 11.6. The Labute approximate surface area is 112 Å². The van der Waals surface area contributed by atoms with E-state index in [1.807, 2.05) is 6.07 Å². The number of alkyl halides is 1. The zero-order chi connectivity index (χ0) is 12.3. The van der Waals surface area contributed by atoms with E-state index in [9.17, 15) is 4.39 Å². The van der Waals surface area contributed by atoms with Gasteiger partial charge in [0.25, 0.3) is 0 Å². The van der Waals surface area contributed by atoms with Crippen molar-refractivity contribution < 1.29 is 4.39 Å². The zero-order valence-electron chi connectivity index (χ0n) is 9.63. The molecule has 1 heterocycles. The van der Waals surface area contributed by atoms with Crippen LogP contribution in [0, 0.1) is 5.82 Å². The standard InChI is InChI=1S/C13H16Cl2FN/c14-8-11-3-1-2-6-17(11)9-10-4-5-12(15)13(16)7-10/h4-5,7,11H,1-3,6,8-9H2. The van der Waals surface area contributed by atoms with Crippen LogP contribution in [0.3, 0.4) is 0 Å². The summed E-state index contributed by atoms with van der Waals surface area (Å²) in [5.74, 6) is 0.305. The number of likely N-dealkylation sites (tertiary alicyclic amines) is 1. The molecule has 1 saturated heterocycles. The predicted molar refractivity (Wildman–Crippen MR) is 70.2 cm³/mol. The Hall–Kier alpha value is -0.310. The third-order valence-corrected chi connectivity index (χ3v) is 3.96. The van der Waals surface area contributed by atoms with Crippen LogP contribution in [-0.2, 0) is 6.54 Å². The summed E-state index contributed by atoms with van der Waals surface area (Å²) in [5, 5.41) is 0.182. The van der Waals surface area contributed by atoms with Crippen molar-refractivity contribution in [2.24, 2.45) is 0 Å². The zero-order valence-corrected chi connectivity index (χ0v) is 11.1. The van der Waals surface area contributed by atoms with Crippen LogP contribution in [0.1, 0.15) is 24.8 Å². The van der Waals surface area contributed by atoms with Crippen molar-refractivity contribution in [1.29, 1.82) is 0 Å². The first-order chi connectivity index (χ1) is 8.20. The smallest absolute Gasteiger partial charge is 0.142 e.